The van der Waals surface area contributed by atoms with Gasteiger partial charge in [-0.15, -0.1) is 0 Å². The second-order valence-corrected chi connectivity index (χ2v) is 5.42. The molecule has 0 radical (unpaired) electrons. The Bertz CT molecular complexity index is 439. The van der Waals surface area contributed by atoms with Gasteiger partial charge in [0.2, 0.25) is 0 Å². The lowest BCUT2D eigenvalue weighted by molar-refractivity contribution is -0.139. The van der Waals surface area contributed by atoms with Crippen molar-refractivity contribution in [1.29, 1.82) is 0 Å². The molecule has 3 nitrogen and oxygen atoms in total. The molecule has 2 atom stereocenters. The number of allylic oxidation sites excluding steroid dienone is 1. The van der Waals surface area contributed by atoms with Crippen LogP contribution in [-0.2, 0) is 16.1 Å². The maximum absolute atomic E-state index is 11.6. The molecule has 0 saturated heterocycles. The lowest BCUT2D eigenvalue weighted by Crippen LogP contribution is -2.18. The number of aliphatic hydroxyl groups excluding tert-OH is 1. The Morgan fingerprint density at radius 2 is 2.10 bits per heavy atom. The van der Waals surface area contributed by atoms with Crippen molar-refractivity contribution < 1.29 is 14.6 Å². The highest BCUT2D eigenvalue weighted by molar-refractivity contribution is 5.81. The van der Waals surface area contributed by atoms with Gasteiger partial charge in [0.05, 0.1) is 6.10 Å². The topological polar surface area (TPSA) is 46.5 Å². The minimum Gasteiger partial charge on any atom is -0.458 e. The maximum atomic E-state index is 11.6. The molecule has 108 valence electrons. The molecule has 1 aliphatic rings. The number of carbonyl (C=O) groups is 1. The first kappa shape index (κ1) is 14.8. The van der Waals surface area contributed by atoms with Crippen LogP contribution >= 0.6 is 0 Å². The largest absolute Gasteiger partial charge is 0.458 e. The number of hydrogen-bond acceptors (Lipinski definition) is 3. The van der Waals surface area contributed by atoms with E-state index in [1.54, 1.807) is 0 Å². The van der Waals surface area contributed by atoms with Crippen LogP contribution in [0.25, 0.3) is 0 Å². The van der Waals surface area contributed by atoms with Gasteiger partial charge >= 0.3 is 5.97 Å². The zero-order valence-corrected chi connectivity index (χ0v) is 11.7. The van der Waals surface area contributed by atoms with Gasteiger partial charge < -0.3 is 9.84 Å². The number of esters is 1. The molecular weight excluding hydrogens is 252 g/mol. The van der Waals surface area contributed by atoms with E-state index in [9.17, 15) is 9.90 Å². The molecule has 1 fully saturated rings. The highest BCUT2D eigenvalue weighted by atomic mass is 16.5. The van der Waals surface area contributed by atoms with Crippen LogP contribution in [0.5, 0.6) is 0 Å². The van der Waals surface area contributed by atoms with Gasteiger partial charge in [-0.1, -0.05) is 42.8 Å². The van der Waals surface area contributed by atoms with Gasteiger partial charge in [0.25, 0.3) is 0 Å². The Balaban J connectivity index is 1.67. The van der Waals surface area contributed by atoms with Crippen molar-refractivity contribution in [1.82, 2.24) is 0 Å². The van der Waals surface area contributed by atoms with Gasteiger partial charge in [-0.3, -0.25) is 0 Å². The molecule has 0 spiro atoms. The SMILES string of the molecule is O=C(/C=C/CC1CCCC(O)C1)OCc1ccccc1. The van der Waals surface area contributed by atoms with Gasteiger partial charge in [0, 0.05) is 6.08 Å². The van der Waals surface area contributed by atoms with Crippen molar-refractivity contribution in [3.63, 3.8) is 0 Å². The minimum atomic E-state index is -0.301. The molecule has 1 saturated carbocycles. The number of carbonyl (C=O) groups excluding carboxylic acids is 1. The van der Waals surface area contributed by atoms with E-state index in [4.69, 9.17) is 4.74 Å². The molecule has 1 aliphatic carbocycles. The molecule has 0 aromatic heterocycles. The van der Waals surface area contributed by atoms with E-state index in [0.29, 0.717) is 12.5 Å². The highest BCUT2D eigenvalue weighted by Gasteiger charge is 2.18. The number of rotatable bonds is 5. The standard InChI is InChI=1S/C17H22O3/c18-16-10-4-8-14(12-16)9-5-11-17(19)20-13-15-6-2-1-3-7-15/h1-3,5-7,11,14,16,18H,4,8-10,12-13H2/b11-5+. The Hall–Kier alpha value is -1.61. The smallest absolute Gasteiger partial charge is 0.330 e. The third kappa shape index (κ3) is 5.17. The molecule has 1 N–H and O–H groups in total. The van der Waals surface area contributed by atoms with E-state index in [-0.39, 0.29) is 12.1 Å². The summed E-state index contributed by atoms with van der Waals surface area (Å²) in [7, 11) is 0. The number of hydrogen-bond donors (Lipinski definition) is 1. The first-order valence-electron chi connectivity index (χ1n) is 7.29. The Labute approximate surface area is 120 Å². The van der Waals surface area contributed by atoms with Crippen LogP contribution < -0.4 is 0 Å². The Morgan fingerprint density at radius 3 is 2.85 bits per heavy atom. The summed E-state index contributed by atoms with van der Waals surface area (Å²) in [5.41, 5.74) is 0.990. The van der Waals surface area contributed by atoms with Crippen molar-refractivity contribution in [2.45, 2.75) is 44.8 Å². The van der Waals surface area contributed by atoms with Crippen molar-refractivity contribution in [2.75, 3.05) is 0 Å². The summed E-state index contributed by atoms with van der Waals surface area (Å²) in [5.74, 6) is 0.196. The van der Waals surface area contributed by atoms with Gasteiger partial charge in [0.15, 0.2) is 0 Å². The van der Waals surface area contributed by atoms with Gasteiger partial charge in [-0.25, -0.2) is 4.79 Å². The first-order chi connectivity index (χ1) is 9.74. The average Bonchev–Trinajstić information content (AvgIpc) is 2.46. The molecule has 2 unspecified atom stereocenters. The van der Waals surface area contributed by atoms with Gasteiger partial charge in [0.1, 0.15) is 6.61 Å². The summed E-state index contributed by atoms with van der Waals surface area (Å²) in [5, 5.41) is 9.58. The van der Waals surface area contributed by atoms with E-state index in [2.05, 4.69) is 0 Å². The summed E-state index contributed by atoms with van der Waals surface area (Å²) in [6.45, 7) is 0.312. The zero-order chi connectivity index (χ0) is 14.2. The van der Waals surface area contributed by atoms with Crippen LogP contribution in [0.4, 0.5) is 0 Å². The van der Waals surface area contributed by atoms with Gasteiger partial charge in [-0.2, -0.15) is 0 Å². The van der Waals surface area contributed by atoms with Crippen LogP contribution in [0.2, 0.25) is 0 Å². The normalized spacial score (nSPS) is 22.9. The van der Waals surface area contributed by atoms with Crippen molar-refractivity contribution in [3.8, 4) is 0 Å². The third-order valence-corrected chi connectivity index (χ3v) is 3.70. The summed E-state index contributed by atoms with van der Waals surface area (Å²) >= 11 is 0. The second-order valence-electron chi connectivity index (χ2n) is 5.42. The van der Waals surface area contributed by atoms with Crippen molar-refractivity contribution >= 4 is 5.97 Å². The predicted octanol–water partition coefficient (Wildman–Crippen LogP) is 3.23. The van der Waals surface area contributed by atoms with E-state index in [0.717, 1.165) is 37.7 Å². The van der Waals surface area contributed by atoms with Crippen molar-refractivity contribution in [3.05, 3.63) is 48.0 Å². The molecule has 0 bridgehead atoms. The van der Waals surface area contributed by atoms with E-state index in [1.165, 1.54) is 6.08 Å². The van der Waals surface area contributed by atoms with Crippen LogP contribution in [0.3, 0.4) is 0 Å². The van der Waals surface area contributed by atoms with E-state index in [1.807, 2.05) is 36.4 Å². The molecule has 3 heteroatoms. The number of aliphatic hydroxyl groups is 1. The molecule has 0 aliphatic heterocycles. The molecule has 0 heterocycles. The maximum Gasteiger partial charge on any atom is 0.330 e. The zero-order valence-electron chi connectivity index (χ0n) is 11.7. The monoisotopic (exact) mass is 274 g/mol. The molecule has 1 aromatic carbocycles. The van der Waals surface area contributed by atoms with Crippen molar-refractivity contribution in [2.24, 2.45) is 5.92 Å². The van der Waals surface area contributed by atoms with Gasteiger partial charge in [-0.05, 0) is 37.2 Å². The van der Waals surface area contributed by atoms with Crippen LogP contribution in [0.1, 0.15) is 37.7 Å². The summed E-state index contributed by atoms with van der Waals surface area (Å²) in [4.78, 5) is 11.6. The average molecular weight is 274 g/mol. The summed E-state index contributed by atoms with van der Waals surface area (Å²) in [6, 6.07) is 9.64. The highest BCUT2D eigenvalue weighted by Crippen LogP contribution is 2.26. The molecule has 1 aromatic rings. The van der Waals surface area contributed by atoms with Crippen LogP contribution in [-0.4, -0.2) is 17.2 Å². The van der Waals surface area contributed by atoms with E-state index >= 15 is 0 Å². The lowest BCUT2D eigenvalue weighted by atomic mass is 9.85. The Kier molecular flexibility index (Phi) is 5.81. The minimum absolute atomic E-state index is 0.160. The lowest BCUT2D eigenvalue weighted by Gasteiger charge is -2.24. The quantitative estimate of drug-likeness (QED) is 0.662. The number of ether oxygens (including phenoxy) is 1. The predicted molar refractivity (Wildman–Crippen MR) is 78.0 cm³/mol. The van der Waals surface area contributed by atoms with Crippen LogP contribution in [0, 0.1) is 5.92 Å². The second kappa shape index (κ2) is 7.85. The molecule has 0 amide bonds. The first-order valence-corrected chi connectivity index (χ1v) is 7.29. The molecule has 2 rings (SSSR count). The fourth-order valence-electron chi connectivity index (χ4n) is 2.61. The Morgan fingerprint density at radius 1 is 1.30 bits per heavy atom. The molecular formula is C17H22O3. The fraction of sp³-hybridized carbons (Fsp3) is 0.471. The fourth-order valence-corrected chi connectivity index (χ4v) is 2.61. The molecule has 20 heavy (non-hydrogen) atoms. The van der Waals surface area contributed by atoms with E-state index < -0.39 is 0 Å². The number of benzene rings is 1. The summed E-state index contributed by atoms with van der Waals surface area (Å²) < 4.78 is 5.16. The third-order valence-electron chi connectivity index (χ3n) is 3.70. The summed E-state index contributed by atoms with van der Waals surface area (Å²) in [6.07, 6.45) is 8.05. The van der Waals surface area contributed by atoms with Crippen LogP contribution in [0.15, 0.2) is 42.5 Å².